The minimum atomic E-state index is -1.03. The zero-order valence-corrected chi connectivity index (χ0v) is 9.99. The van der Waals surface area contributed by atoms with Crippen LogP contribution in [0.2, 0.25) is 0 Å². The maximum atomic E-state index is 10.8. The lowest BCUT2D eigenvalue weighted by atomic mass is 10.3. The molecule has 1 atom stereocenters. The van der Waals surface area contributed by atoms with Crippen molar-refractivity contribution in [1.29, 1.82) is 0 Å². The van der Waals surface area contributed by atoms with Crippen LogP contribution in [0.3, 0.4) is 0 Å². The van der Waals surface area contributed by atoms with Gasteiger partial charge >= 0.3 is 5.97 Å². The van der Waals surface area contributed by atoms with Gasteiger partial charge in [0.2, 0.25) is 6.10 Å². The second-order valence-electron chi connectivity index (χ2n) is 3.08. The maximum absolute atomic E-state index is 10.8. The minimum absolute atomic E-state index is 0.0274. The first-order valence-electron chi connectivity index (χ1n) is 4.70. The van der Waals surface area contributed by atoms with Crippen LogP contribution >= 0.6 is 11.8 Å². The van der Waals surface area contributed by atoms with Gasteiger partial charge in [-0.2, -0.15) is 0 Å². The fraction of sp³-hybridized carbons (Fsp3) is 0.364. The van der Waals surface area contributed by atoms with Gasteiger partial charge < -0.3 is 14.6 Å². The number of carboxylic acid groups (broad SMARTS) is 1. The molecule has 0 saturated carbocycles. The van der Waals surface area contributed by atoms with Gasteiger partial charge in [0.05, 0.1) is 6.61 Å². The Morgan fingerprint density at radius 3 is 2.50 bits per heavy atom. The van der Waals surface area contributed by atoms with Crippen molar-refractivity contribution >= 4 is 17.7 Å². The topological polar surface area (TPSA) is 55.8 Å². The van der Waals surface area contributed by atoms with Crippen LogP contribution in [0.1, 0.15) is 0 Å². The third kappa shape index (κ3) is 3.75. The third-order valence-electron chi connectivity index (χ3n) is 1.93. The Balaban J connectivity index is 2.65. The average Bonchev–Trinajstić information content (AvgIpc) is 2.29. The molecule has 0 saturated heterocycles. The van der Waals surface area contributed by atoms with Crippen molar-refractivity contribution in [3.63, 3.8) is 0 Å². The van der Waals surface area contributed by atoms with Gasteiger partial charge in [-0.05, 0) is 30.5 Å². The fourth-order valence-electron chi connectivity index (χ4n) is 1.13. The van der Waals surface area contributed by atoms with Gasteiger partial charge in [0.15, 0.2) is 0 Å². The number of methoxy groups -OCH3 is 1. The van der Waals surface area contributed by atoms with E-state index in [-0.39, 0.29) is 6.61 Å². The van der Waals surface area contributed by atoms with Crippen LogP contribution in [0.5, 0.6) is 5.75 Å². The van der Waals surface area contributed by atoms with E-state index in [1.807, 2.05) is 18.4 Å². The summed E-state index contributed by atoms with van der Waals surface area (Å²) in [6.07, 6.45) is 1.01. The van der Waals surface area contributed by atoms with E-state index in [0.717, 1.165) is 4.90 Å². The van der Waals surface area contributed by atoms with Gasteiger partial charge in [0, 0.05) is 12.0 Å². The van der Waals surface area contributed by atoms with Crippen LogP contribution in [0.25, 0.3) is 0 Å². The Kier molecular flexibility index (Phi) is 5.14. The Labute approximate surface area is 98.6 Å². The van der Waals surface area contributed by atoms with E-state index in [1.165, 1.54) is 7.11 Å². The van der Waals surface area contributed by atoms with Crippen LogP contribution in [0.4, 0.5) is 0 Å². The lowest BCUT2D eigenvalue weighted by Gasteiger charge is -2.14. The number of aliphatic carboxylic acids is 1. The molecule has 1 rings (SSSR count). The molecule has 1 N–H and O–H groups in total. The first kappa shape index (κ1) is 12.9. The molecule has 0 bridgehead atoms. The molecule has 0 aromatic heterocycles. The van der Waals surface area contributed by atoms with Crippen LogP contribution in [0, 0.1) is 0 Å². The number of carboxylic acids is 1. The number of hydrogen-bond donors (Lipinski definition) is 1. The largest absolute Gasteiger partial charge is 0.478 e. The molecule has 0 aliphatic rings. The Morgan fingerprint density at radius 2 is 2.06 bits per heavy atom. The van der Waals surface area contributed by atoms with E-state index in [9.17, 15) is 4.79 Å². The molecule has 88 valence electrons. The van der Waals surface area contributed by atoms with E-state index < -0.39 is 12.1 Å². The molecule has 0 fully saturated rings. The van der Waals surface area contributed by atoms with Crippen LogP contribution in [-0.2, 0) is 9.53 Å². The normalized spacial score (nSPS) is 12.1. The van der Waals surface area contributed by atoms with Gasteiger partial charge in [-0.25, -0.2) is 4.79 Å². The van der Waals surface area contributed by atoms with Crippen molar-refractivity contribution in [2.24, 2.45) is 0 Å². The Hall–Kier alpha value is -1.20. The predicted molar refractivity (Wildman–Crippen MR) is 62.2 cm³/mol. The van der Waals surface area contributed by atoms with E-state index >= 15 is 0 Å². The molecule has 0 spiro atoms. The molecule has 1 aromatic rings. The highest BCUT2D eigenvalue weighted by molar-refractivity contribution is 7.98. The highest BCUT2D eigenvalue weighted by atomic mass is 32.2. The number of hydrogen-bond acceptors (Lipinski definition) is 4. The van der Waals surface area contributed by atoms with Crippen molar-refractivity contribution < 1.29 is 19.4 Å². The van der Waals surface area contributed by atoms with E-state index in [4.69, 9.17) is 14.6 Å². The van der Waals surface area contributed by atoms with Gasteiger partial charge in [0.1, 0.15) is 5.75 Å². The highest BCUT2D eigenvalue weighted by Gasteiger charge is 2.18. The molecule has 0 heterocycles. The molecule has 0 radical (unpaired) electrons. The molecule has 1 unspecified atom stereocenters. The molecule has 0 aliphatic carbocycles. The van der Waals surface area contributed by atoms with Crippen molar-refractivity contribution in [2.45, 2.75) is 11.0 Å². The summed E-state index contributed by atoms with van der Waals surface area (Å²) in [5, 5.41) is 8.86. The number of thioether (sulfide) groups is 1. The molecule has 1 aromatic carbocycles. The number of ether oxygens (including phenoxy) is 2. The quantitative estimate of drug-likeness (QED) is 0.772. The van der Waals surface area contributed by atoms with Crippen molar-refractivity contribution in [3.05, 3.63) is 24.3 Å². The van der Waals surface area contributed by atoms with Crippen molar-refractivity contribution in [2.75, 3.05) is 20.0 Å². The van der Waals surface area contributed by atoms with Crippen LogP contribution in [0.15, 0.2) is 29.2 Å². The Bertz CT molecular complexity index is 336. The van der Waals surface area contributed by atoms with Gasteiger partial charge in [-0.3, -0.25) is 0 Å². The van der Waals surface area contributed by atoms with E-state index in [0.29, 0.717) is 5.75 Å². The third-order valence-corrected chi connectivity index (χ3v) is 2.67. The highest BCUT2D eigenvalue weighted by Crippen LogP contribution is 2.19. The average molecular weight is 242 g/mol. The second-order valence-corrected chi connectivity index (χ2v) is 3.96. The Morgan fingerprint density at radius 1 is 1.44 bits per heavy atom. The van der Waals surface area contributed by atoms with Gasteiger partial charge in [0.25, 0.3) is 0 Å². The van der Waals surface area contributed by atoms with Crippen molar-refractivity contribution in [3.8, 4) is 5.75 Å². The molecule has 16 heavy (non-hydrogen) atoms. The SMILES string of the molecule is COCC(Oc1ccc(SC)cc1)C(=O)O. The summed E-state index contributed by atoms with van der Waals surface area (Å²) in [4.78, 5) is 11.9. The second kappa shape index (κ2) is 6.40. The number of carbonyl (C=O) groups is 1. The van der Waals surface area contributed by atoms with Crippen molar-refractivity contribution in [1.82, 2.24) is 0 Å². The summed E-state index contributed by atoms with van der Waals surface area (Å²) >= 11 is 1.62. The summed E-state index contributed by atoms with van der Waals surface area (Å²) in [5.41, 5.74) is 0. The van der Waals surface area contributed by atoms with Crippen LogP contribution < -0.4 is 4.74 Å². The number of rotatable bonds is 6. The monoisotopic (exact) mass is 242 g/mol. The standard InChI is InChI=1S/C11H14O4S/c1-14-7-10(11(12)13)15-8-3-5-9(16-2)6-4-8/h3-6,10H,7H2,1-2H3,(H,12,13). The van der Waals surface area contributed by atoms with E-state index in [2.05, 4.69) is 0 Å². The smallest absolute Gasteiger partial charge is 0.347 e. The number of benzene rings is 1. The summed E-state index contributed by atoms with van der Waals surface area (Å²) < 4.78 is 10.1. The van der Waals surface area contributed by atoms with Crippen LogP contribution in [-0.4, -0.2) is 37.2 Å². The zero-order chi connectivity index (χ0) is 12.0. The minimum Gasteiger partial charge on any atom is -0.478 e. The molecule has 4 nitrogen and oxygen atoms in total. The molecule has 0 aliphatic heterocycles. The summed E-state index contributed by atoms with van der Waals surface area (Å²) in [7, 11) is 1.44. The lowest BCUT2D eigenvalue weighted by Crippen LogP contribution is -2.31. The predicted octanol–water partition coefficient (Wildman–Crippen LogP) is 1.89. The van der Waals surface area contributed by atoms with E-state index in [1.54, 1.807) is 23.9 Å². The first-order valence-corrected chi connectivity index (χ1v) is 5.92. The fourth-order valence-corrected chi connectivity index (χ4v) is 1.53. The summed E-state index contributed by atoms with van der Waals surface area (Å²) in [6.45, 7) is 0.0274. The molecule has 5 heteroatoms. The van der Waals surface area contributed by atoms with Gasteiger partial charge in [-0.15, -0.1) is 11.8 Å². The molecule has 0 amide bonds. The zero-order valence-electron chi connectivity index (χ0n) is 9.17. The lowest BCUT2D eigenvalue weighted by molar-refractivity contribution is -0.147. The first-order chi connectivity index (χ1) is 7.67. The molecular weight excluding hydrogens is 228 g/mol. The molecular formula is C11H14O4S. The van der Waals surface area contributed by atoms with Gasteiger partial charge in [-0.1, -0.05) is 0 Å². The summed E-state index contributed by atoms with van der Waals surface area (Å²) in [5.74, 6) is -0.502. The summed E-state index contributed by atoms with van der Waals surface area (Å²) in [6, 6.07) is 7.26. The maximum Gasteiger partial charge on any atom is 0.347 e.